The quantitative estimate of drug-likeness (QED) is 0.139. The third kappa shape index (κ3) is 8.26. The molecule has 0 radical (unpaired) electrons. The second-order valence-electron chi connectivity index (χ2n) is 13.8. The molecule has 3 aliphatic rings. The van der Waals surface area contributed by atoms with Crippen molar-refractivity contribution in [2.45, 2.75) is 69.8 Å². The Balaban J connectivity index is 1.23. The highest BCUT2D eigenvalue weighted by Gasteiger charge is 2.52. The van der Waals surface area contributed by atoms with Crippen molar-refractivity contribution in [1.82, 2.24) is 15.5 Å². The van der Waals surface area contributed by atoms with Crippen molar-refractivity contribution in [2.75, 3.05) is 41.8 Å². The monoisotopic (exact) mass is 708 g/mol. The number of anilines is 3. The molecular formula is C40H48N6O6. The fourth-order valence-electron chi connectivity index (χ4n) is 7.25. The maximum atomic E-state index is 14.4. The van der Waals surface area contributed by atoms with E-state index in [1.165, 1.54) is 4.90 Å². The van der Waals surface area contributed by atoms with Crippen LogP contribution in [0.25, 0.3) is 0 Å². The van der Waals surface area contributed by atoms with Gasteiger partial charge in [-0.25, -0.2) is 0 Å². The predicted molar refractivity (Wildman–Crippen MR) is 199 cm³/mol. The number of aliphatic hydroxyl groups is 2. The Labute approximate surface area is 304 Å². The molecular weight excluding hydrogens is 660 g/mol. The smallest absolute Gasteiger partial charge is 0.264 e. The molecule has 0 spiro atoms. The Morgan fingerprint density at radius 2 is 1.58 bits per heavy atom. The van der Waals surface area contributed by atoms with Crippen LogP contribution < -0.4 is 26.2 Å². The fraction of sp³-hybridized carbons (Fsp3) is 0.400. The number of rotatable bonds is 14. The van der Waals surface area contributed by atoms with Crippen molar-refractivity contribution in [3.63, 3.8) is 0 Å². The summed E-state index contributed by atoms with van der Waals surface area (Å²) >= 11 is 0. The highest BCUT2D eigenvalue weighted by atomic mass is 16.3. The molecule has 3 aromatic rings. The number of hydrogen-bond acceptors (Lipinski definition) is 8. The molecule has 6 rings (SSSR count). The van der Waals surface area contributed by atoms with E-state index >= 15 is 0 Å². The highest BCUT2D eigenvalue weighted by molar-refractivity contribution is 6.08. The summed E-state index contributed by atoms with van der Waals surface area (Å²) in [7, 11) is 0. The van der Waals surface area contributed by atoms with Crippen LogP contribution in [-0.4, -0.2) is 77.1 Å². The zero-order valence-electron chi connectivity index (χ0n) is 29.5. The average molecular weight is 709 g/mol. The second kappa shape index (κ2) is 16.6. The fourth-order valence-corrected chi connectivity index (χ4v) is 7.25. The zero-order valence-corrected chi connectivity index (χ0v) is 29.5. The van der Waals surface area contributed by atoms with E-state index in [1.807, 2.05) is 48.5 Å². The van der Waals surface area contributed by atoms with Gasteiger partial charge in [-0.1, -0.05) is 61.5 Å². The van der Waals surface area contributed by atoms with Crippen molar-refractivity contribution >= 4 is 40.7 Å². The zero-order chi connectivity index (χ0) is 36.7. The van der Waals surface area contributed by atoms with Gasteiger partial charge in [0.25, 0.3) is 5.91 Å². The summed E-state index contributed by atoms with van der Waals surface area (Å²) in [6.45, 7) is 3.77. The van der Waals surface area contributed by atoms with E-state index in [2.05, 4.69) is 21.3 Å². The Bertz CT molecular complexity index is 1790. The summed E-state index contributed by atoms with van der Waals surface area (Å²) in [4.78, 5) is 56.4. The molecule has 0 aromatic heterocycles. The molecule has 0 aliphatic carbocycles. The van der Waals surface area contributed by atoms with Gasteiger partial charge in [-0.05, 0) is 80.2 Å². The van der Waals surface area contributed by atoms with Gasteiger partial charge in [0.2, 0.25) is 17.7 Å². The number of nitrogens with one attached hydrogen (secondary N) is 4. The van der Waals surface area contributed by atoms with E-state index in [0.717, 1.165) is 49.9 Å². The van der Waals surface area contributed by atoms with E-state index in [0.29, 0.717) is 29.2 Å². The van der Waals surface area contributed by atoms with Crippen LogP contribution >= 0.6 is 0 Å². The van der Waals surface area contributed by atoms with Crippen LogP contribution in [0.4, 0.5) is 17.1 Å². The highest BCUT2D eigenvalue weighted by Crippen LogP contribution is 2.47. The number of fused-ring (bicyclic) bond motifs is 1. The number of benzene rings is 3. The molecule has 2 fully saturated rings. The van der Waals surface area contributed by atoms with Gasteiger partial charge in [-0.15, -0.1) is 0 Å². The average Bonchev–Trinajstić information content (AvgIpc) is 3.93. The minimum Gasteiger partial charge on any atom is -0.395 e. The van der Waals surface area contributed by atoms with Crippen molar-refractivity contribution in [3.8, 4) is 0 Å². The number of hydrogen-bond donors (Lipinski definition) is 6. The van der Waals surface area contributed by atoms with E-state index in [4.69, 9.17) is 0 Å². The van der Waals surface area contributed by atoms with Gasteiger partial charge in [-0.2, -0.15) is 0 Å². The van der Waals surface area contributed by atoms with Crippen LogP contribution in [0.3, 0.4) is 0 Å². The van der Waals surface area contributed by atoms with Crippen LogP contribution in [0.1, 0.15) is 55.7 Å². The van der Waals surface area contributed by atoms with Gasteiger partial charge >= 0.3 is 0 Å². The molecule has 52 heavy (non-hydrogen) atoms. The van der Waals surface area contributed by atoms with Crippen LogP contribution in [-0.2, 0) is 37.9 Å². The second-order valence-corrected chi connectivity index (χ2v) is 13.8. The Morgan fingerprint density at radius 1 is 0.923 bits per heavy atom. The molecule has 3 aliphatic heterocycles. The molecule has 4 amide bonds. The van der Waals surface area contributed by atoms with Gasteiger partial charge in [0.1, 0.15) is 0 Å². The molecule has 12 nitrogen and oxygen atoms in total. The minimum atomic E-state index is -2.00. The lowest BCUT2D eigenvalue weighted by Gasteiger charge is -2.28. The molecule has 0 bridgehead atoms. The van der Waals surface area contributed by atoms with Crippen molar-refractivity contribution in [1.29, 1.82) is 0 Å². The van der Waals surface area contributed by atoms with Gasteiger partial charge in [0.05, 0.1) is 30.9 Å². The summed E-state index contributed by atoms with van der Waals surface area (Å²) in [6.07, 6.45) is 6.69. The molecule has 0 saturated carbocycles. The van der Waals surface area contributed by atoms with E-state index < -0.39 is 17.4 Å². The van der Waals surface area contributed by atoms with Crippen molar-refractivity contribution < 1.29 is 29.4 Å². The predicted octanol–water partition coefficient (Wildman–Crippen LogP) is 3.41. The minimum absolute atomic E-state index is 0.0113. The number of amides is 4. The maximum Gasteiger partial charge on any atom is 0.264 e. The van der Waals surface area contributed by atoms with Crippen molar-refractivity contribution in [3.05, 3.63) is 102 Å². The molecule has 3 aromatic carbocycles. The first kappa shape index (κ1) is 36.9. The van der Waals surface area contributed by atoms with E-state index in [-0.39, 0.29) is 55.9 Å². The molecule has 0 unspecified atom stereocenters. The van der Waals surface area contributed by atoms with Crippen LogP contribution in [0.5, 0.6) is 0 Å². The largest absolute Gasteiger partial charge is 0.395 e. The lowest BCUT2D eigenvalue weighted by Crippen LogP contribution is -2.44. The molecule has 274 valence electrons. The van der Waals surface area contributed by atoms with E-state index in [1.54, 1.807) is 48.2 Å². The first-order valence-corrected chi connectivity index (χ1v) is 18.1. The molecule has 2 saturated heterocycles. The molecule has 4 atom stereocenters. The number of aliphatic hydroxyl groups excluding tert-OH is 1. The normalized spacial score (nSPS) is 21.7. The summed E-state index contributed by atoms with van der Waals surface area (Å²) < 4.78 is 0. The van der Waals surface area contributed by atoms with Crippen LogP contribution in [0.15, 0.2) is 84.9 Å². The van der Waals surface area contributed by atoms with Crippen LogP contribution in [0.2, 0.25) is 0 Å². The Hall–Kier alpha value is -4.88. The standard InChI is InChI=1S/C40H48N6O6/c1-27(9-5-16-36(48)45(21-22-47)25-28-10-3-2-4-11-28)40(52)32-24-31(44-38(50)34-15-8-20-42-34)17-18-35(32)46(39(40)51)26-29-12-6-13-30(23-29)43-37(49)33-14-7-19-41-33/h2-6,9-13,17-18,23-24,27,33-34,41-42,47,52H,7-8,14-16,19-22,25-26H2,1H3,(H,43,49)(H,44,50)/b9-5+/t27-,33-,34-,40+/m1/s1. The summed E-state index contributed by atoms with van der Waals surface area (Å²) in [5.41, 5.74) is 1.61. The number of carbonyl (C=O) groups is 4. The van der Waals surface area contributed by atoms with Gasteiger partial charge in [-0.3, -0.25) is 19.2 Å². The number of carbonyl (C=O) groups excluding carboxylic acids is 4. The van der Waals surface area contributed by atoms with Crippen LogP contribution in [0, 0.1) is 5.92 Å². The number of nitrogens with zero attached hydrogens (tertiary/aromatic N) is 2. The Kier molecular flexibility index (Phi) is 11.8. The molecule has 12 heteroatoms. The van der Waals surface area contributed by atoms with Gasteiger partial charge < -0.3 is 41.3 Å². The SMILES string of the molecule is C[C@H](/C=C/CC(=O)N(CCO)Cc1ccccc1)[C@@]1(O)C(=O)N(Cc2cccc(NC(=O)[C@H]3CCCN3)c2)c2ccc(NC(=O)[C@H]3CCCN3)cc21. The molecule has 6 N–H and O–H groups in total. The molecule has 3 heterocycles. The third-order valence-electron chi connectivity index (χ3n) is 10.1. The first-order chi connectivity index (χ1) is 25.2. The summed E-state index contributed by atoms with van der Waals surface area (Å²) in [6, 6.07) is 21.4. The topological polar surface area (TPSA) is 163 Å². The maximum absolute atomic E-state index is 14.4. The van der Waals surface area contributed by atoms with E-state index in [9.17, 15) is 29.4 Å². The van der Waals surface area contributed by atoms with Gasteiger partial charge in [0.15, 0.2) is 5.60 Å². The Morgan fingerprint density at radius 3 is 2.21 bits per heavy atom. The van der Waals surface area contributed by atoms with Crippen molar-refractivity contribution in [2.24, 2.45) is 5.92 Å². The lowest BCUT2D eigenvalue weighted by atomic mass is 9.82. The summed E-state index contributed by atoms with van der Waals surface area (Å²) in [5.74, 6) is -1.78. The lowest BCUT2D eigenvalue weighted by molar-refractivity contribution is -0.139. The summed E-state index contributed by atoms with van der Waals surface area (Å²) in [5, 5.41) is 34.3. The third-order valence-corrected chi connectivity index (χ3v) is 10.1. The van der Waals surface area contributed by atoms with Gasteiger partial charge in [0, 0.05) is 42.4 Å². The first-order valence-electron chi connectivity index (χ1n) is 18.1.